The summed E-state index contributed by atoms with van der Waals surface area (Å²) in [6.45, 7) is 5.80. The van der Waals surface area contributed by atoms with Gasteiger partial charge in [-0.3, -0.25) is 4.79 Å². The highest BCUT2D eigenvalue weighted by atomic mass is 16.1. The van der Waals surface area contributed by atoms with Crippen LogP contribution in [0.15, 0.2) is 16.9 Å². The maximum atomic E-state index is 12.0. The Morgan fingerprint density at radius 1 is 1.09 bits per heavy atom. The smallest absolute Gasteiger partial charge is 0.267 e. The van der Waals surface area contributed by atoms with Crippen molar-refractivity contribution in [3.63, 3.8) is 0 Å². The van der Waals surface area contributed by atoms with Crippen LogP contribution in [0.25, 0.3) is 0 Å². The van der Waals surface area contributed by atoms with Crippen LogP contribution in [0.3, 0.4) is 0 Å². The third kappa shape index (κ3) is 3.22. The van der Waals surface area contributed by atoms with Gasteiger partial charge in [0.2, 0.25) is 0 Å². The molecule has 0 radical (unpaired) electrons. The van der Waals surface area contributed by atoms with E-state index in [4.69, 9.17) is 0 Å². The van der Waals surface area contributed by atoms with Gasteiger partial charge in [0, 0.05) is 24.7 Å². The fraction of sp³-hybridized carbons (Fsp3) is 0.778. The Bertz CT molecular complexity index is 597. The Hall–Kier alpha value is -1.20. The van der Waals surface area contributed by atoms with Gasteiger partial charge in [0.05, 0.1) is 11.7 Å². The van der Waals surface area contributed by atoms with Crippen LogP contribution in [0, 0.1) is 12.8 Å². The Labute approximate surface area is 138 Å². The molecular formula is C18H28N4O. The summed E-state index contributed by atoms with van der Waals surface area (Å²) in [7, 11) is 0. The second-order valence-corrected chi connectivity index (χ2v) is 7.67. The van der Waals surface area contributed by atoms with Gasteiger partial charge >= 0.3 is 0 Å². The van der Waals surface area contributed by atoms with Crippen molar-refractivity contribution in [3.05, 3.63) is 28.2 Å². The van der Waals surface area contributed by atoms with Crippen molar-refractivity contribution in [1.29, 1.82) is 0 Å². The number of nitrogens with zero attached hydrogens (tertiary/aromatic N) is 3. The van der Waals surface area contributed by atoms with Crippen molar-refractivity contribution in [3.8, 4) is 0 Å². The van der Waals surface area contributed by atoms with E-state index in [1.807, 2.05) is 6.92 Å². The van der Waals surface area contributed by atoms with Gasteiger partial charge in [-0.25, -0.2) is 4.68 Å². The highest BCUT2D eigenvalue weighted by Gasteiger charge is 2.35. The average Bonchev–Trinajstić information content (AvgIpc) is 2.59. The van der Waals surface area contributed by atoms with Crippen molar-refractivity contribution < 1.29 is 0 Å². The number of rotatable bonds is 3. The molecule has 0 spiro atoms. The molecule has 1 aliphatic carbocycles. The lowest BCUT2D eigenvalue weighted by Crippen LogP contribution is -2.58. The largest absolute Gasteiger partial charge is 0.310 e. The summed E-state index contributed by atoms with van der Waals surface area (Å²) in [6, 6.07) is 5.06. The Kier molecular flexibility index (Phi) is 4.24. The molecule has 4 aliphatic rings. The fourth-order valence-electron chi connectivity index (χ4n) is 4.73. The van der Waals surface area contributed by atoms with Crippen molar-refractivity contribution in [2.75, 3.05) is 19.6 Å². The lowest BCUT2D eigenvalue weighted by Gasteiger charge is -2.47. The van der Waals surface area contributed by atoms with Gasteiger partial charge in [-0.2, -0.15) is 5.10 Å². The van der Waals surface area contributed by atoms with E-state index in [1.54, 1.807) is 16.8 Å². The standard InChI is InChI=1S/C18H28N4O/c1-13-2-7-18(23)22(20-13)16-5-3-15(4-6-16)19-17-12-21-10-8-14(17)9-11-21/h2,7,14-17,19H,3-6,8-12H2,1H3. The van der Waals surface area contributed by atoms with E-state index in [-0.39, 0.29) is 11.6 Å². The van der Waals surface area contributed by atoms with Crippen LogP contribution >= 0.6 is 0 Å². The number of fused-ring (bicyclic) bond motifs is 3. The monoisotopic (exact) mass is 316 g/mol. The Balaban J connectivity index is 1.34. The summed E-state index contributed by atoms with van der Waals surface area (Å²) in [5.41, 5.74) is 0.974. The Morgan fingerprint density at radius 3 is 2.48 bits per heavy atom. The molecule has 1 unspecified atom stereocenters. The Morgan fingerprint density at radius 2 is 1.83 bits per heavy atom. The molecule has 0 amide bonds. The van der Waals surface area contributed by atoms with Crippen molar-refractivity contribution in [2.45, 2.75) is 63.6 Å². The van der Waals surface area contributed by atoms with E-state index in [0.717, 1.165) is 37.3 Å². The molecule has 4 heterocycles. The lowest BCUT2D eigenvalue weighted by atomic mass is 9.82. The van der Waals surface area contributed by atoms with Crippen molar-refractivity contribution in [1.82, 2.24) is 20.0 Å². The maximum absolute atomic E-state index is 12.0. The third-order valence-corrected chi connectivity index (χ3v) is 6.11. The maximum Gasteiger partial charge on any atom is 0.267 e. The van der Waals surface area contributed by atoms with E-state index < -0.39 is 0 Å². The molecule has 5 nitrogen and oxygen atoms in total. The number of hydrogen-bond acceptors (Lipinski definition) is 4. The molecular weight excluding hydrogens is 288 g/mol. The number of nitrogens with one attached hydrogen (secondary N) is 1. The summed E-state index contributed by atoms with van der Waals surface area (Å²) >= 11 is 0. The second-order valence-electron chi connectivity index (χ2n) is 7.67. The third-order valence-electron chi connectivity index (χ3n) is 6.11. The summed E-state index contributed by atoms with van der Waals surface area (Å²) in [5.74, 6) is 0.888. The van der Waals surface area contributed by atoms with Gasteiger partial charge in [-0.05, 0) is 70.5 Å². The number of aryl methyl sites for hydroxylation is 1. The van der Waals surface area contributed by atoms with Crippen LogP contribution in [0.1, 0.15) is 50.3 Å². The second kappa shape index (κ2) is 6.36. The molecule has 5 rings (SSSR count). The summed E-state index contributed by atoms with van der Waals surface area (Å²) < 4.78 is 1.72. The quantitative estimate of drug-likeness (QED) is 0.922. The van der Waals surface area contributed by atoms with Gasteiger partial charge in [-0.15, -0.1) is 0 Å². The molecule has 3 aliphatic heterocycles. The first-order valence-corrected chi connectivity index (χ1v) is 9.24. The predicted molar refractivity (Wildman–Crippen MR) is 90.6 cm³/mol. The zero-order valence-electron chi connectivity index (χ0n) is 14.1. The lowest BCUT2D eigenvalue weighted by molar-refractivity contribution is 0.0625. The van der Waals surface area contributed by atoms with E-state index in [9.17, 15) is 4.79 Å². The SMILES string of the molecule is Cc1ccc(=O)n(C2CCC(NC3CN4CCC3CC4)CC2)n1. The van der Waals surface area contributed by atoms with Gasteiger partial charge in [0.25, 0.3) is 5.56 Å². The van der Waals surface area contributed by atoms with Gasteiger partial charge < -0.3 is 10.2 Å². The van der Waals surface area contributed by atoms with Crippen LogP contribution in [0.5, 0.6) is 0 Å². The average molecular weight is 316 g/mol. The molecule has 23 heavy (non-hydrogen) atoms. The molecule has 1 N–H and O–H groups in total. The molecule has 4 fully saturated rings. The minimum absolute atomic E-state index is 0.0457. The molecule has 3 saturated heterocycles. The summed E-state index contributed by atoms with van der Waals surface area (Å²) in [5, 5.41) is 8.38. The van der Waals surface area contributed by atoms with Crippen LogP contribution in [0.4, 0.5) is 0 Å². The highest BCUT2D eigenvalue weighted by Crippen LogP contribution is 2.31. The first-order valence-electron chi connectivity index (χ1n) is 9.24. The molecule has 5 heteroatoms. The minimum Gasteiger partial charge on any atom is -0.310 e. The predicted octanol–water partition coefficient (Wildman–Crippen LogP) is 1.72. The van der Waals surface area contributed by atoms with Crippen LogP contribution in [-0.2, 0) is 0 Å². The van der Waals surface area contributed by atoms with E-state index >= 15 is 0 Å². The molecule has 0 aromatic carbocycles. The molecule has 1 atom stereocenters. The minimum atomic E-state index is 0.0457. The number of piperidine rings is 3. The van der Waals surface area contributed by atoms with Gasteiger partial charge in [0.15, 0.2) is 0 Å². The van der Waals surface area contributed by atoms with Gasteiger partial charge in [-0.1, -0.05) is 0 Å². The van der Waals surface area contributed by atoms with E-state index in [0.29, 0.717) is 12.1 Å². The molecule has 126 valence electrons. The first-order chi connectivity index (χ1) is 11.2. The first kappa shape index (κ1) is 15.3. The molecule has 1 saturated carbocycles. The topological polar surface area (TPSA) is 50.2 Å². The van der Waals surface area contributed by atoms with E-state index in [2.05, 4.69) is 15.3 Å². The van der Waals surface area contributed by atoms with Crippen molar-refractivity contribution >= 4 is 0 Å². The number of hydrogen-bond donors (Lipinski definition) is 1. The fourth-order valence-corrected chi connectivity index (χ4v) is 4.73. The molecule has 1 aromatic heterocycles. The van der Waals surface area contributed by atoms with Crippen LogP contribution in [-0.4, -0.2) is 46.4 Å². The highest BCUT2D eigenvalue weighted by molar-refractivity contribution is 4.99. The van der Waals surface area contributed by atoms with Crippen molar-refractivity contribution in [2.24, 2.45) is 5.92 Å². The summed E-state index contributed by atoms with van der Waals surface area (Å²) in [6.07, 6.45) is 7.20. The van der Waals surface area contributed by atoms with Crippen LogP contribution < -0.4 is 10.9 Å². The zero-order chi connectivity index (χ0) is 15.8. The molecule has 1 aromatic rings. The van der Waals surface area contributed by atoms with E-state index in [1.165, 1.54) is 32.5 Å². The summed E-state index contributed by atoms with van der Waals surface area (Å²) in [4.78, 5) is 14.6. The number of aromatic nitrogens is 2. The molecule has 2 bridgehead atoms. The van der Waals surface area contributed by atoms with Crippen LogP contribution in [0.2, 0.25) is 0 Å². The zero-order valence-corrected chi connectivity index (χ0v) is 14.1. The van der Waals surface area contributed by atoms with Gasteiger partial charge in [0.1, 0.15) is 0 Å². The normalized spacial score (nSPS) is 37.0.